The third-order valence-electron chi connectivity index (χ3n) is 20.9. The second-order valence-electron chi connectivity index (χ2n) is 29.7. The minimum atomic E-state index is -0.394. The molecule has 0 radical (unpaired) electrons. The van der Waals surface area contributed by atoms with E-state index in [1.807, 2.05) is 11.3 Å². The van der Waals surface area contributed by atoms with Crippen molar-refractivity contribution in [2.45, 2.75) is 78.6 Å². The second kappa shape index (κ2) is 21.0. The fourth-order valence-electron chi connectivity index (χ4n) is 16.3. The Kier molecular flexibility index (Phi) is 11.7. The molecule has 0 atom stereocenters. The number of hydrogen-bond donors (Lipinski definition) is 0. The highest BCUT2D eigenvalue weighted by atomic mass is 32.1. The van der Waals surface area contributed by atoms with Crippen LogP contribution in [0.15, 0.2) is 267 Å². The van der Waals surface area contributed by atoms with Gasteiger partial charge in [0.15, 0.2) is 0 Å². The summed E-state index contributed by atoms with van der Waals surface area (Å²) in [5.41, 5.74) is 23.2. The summed E-state index contributed by atoms with van der Waals surface area (Å²) in [7, 11) is 0. The lowest BCUT2D eigenvalue weighted by Crippen LogP contribution is -2.61. The summed E-state index contributed by atoms with van der Waals surface area (Å²) in [6, 6.07) is 90.6. The van der Waals surface area contributed by atoms with E-state index in [4.69, 9.17) is 1.37 Å². The molecule has 4 nitrogen and oxygen atoms in total. The van der Waals surface area contributed by atoms with Crippen LogP contribution in [0.25, 0.3) is 118 Å². The third kappa shape index (κ3) is 8.60. The van der Waals surface area contributed by atoms with Crippen molar-refractivity contribution in [1.82, 2.24) is 9.13 Å². The predicted molar refractivity (Wildman–Crippen MR) is 422 cm³/mol. The van der Waals surface area contributed by atoms with Gasteiger partial charge in [-0.05, 0) is 145 Å². The number of aromatic nitrogens is 2. The van der Waals surface area contributed by atoms with E-state index in [0.717, 1.165) is 105 Å². The molecule has 19 rings (SSSR count). The first-order valence-corrected chi connectivity index (χ1v) is 35.5. The molecule has 2 aliphatic rings. The first-order valence-electron chi connectivity index (χ1n) is 35.9. The Hall–Kier alpha value is -10.4. The summed E-state index contributed by atoms with van der Waals surface area (Å²) >= 11 is 3.30. The number of thiophene rings is 2. The van der Waals surface area contributed by atoms with Crippen molar-refractivity contribution in [2.24, 2.45) is 0 Å². The predicted octanol–water partition coefficient (Wildman–Crippen LogP) is 23.9. The first kappa shape index (κ1) is 53.8. The van der Waals surface area contributed by atoms with Crippen molar-refractivity contribution in [3.05, 3.63) is 284 Å². The molecule has 0 spiro atoms. The molecule has 0 unspecified atom stereocenters. The Morgan fingerprint density at radius 1 is 0.309 bits per heavy atom. The SMILES string of the molecule is [2H]c1c([2H])c([2H])c2c(sc3cccc(-c4cccc(-n5c6ccccc6c6ccccc65)c4N4c5cc(C(C)(C)C)ccc5B5c6ccc(C(C)(C)C)cc6N(c6c(-c7cccc8sc9ccccc9c78)cccc6-n6c7ccccc7c7ccccc76)c6cc(C(C)(C)C)cc4c65)c32)c1[2H]. The van der Waals surface area contributed by atoms with Gasteiger partial charge in [-0.2, -0.15) is 0 Å². The lowest BCUT2D eigenvalue weighted by Gasteiger charge is -2.47. The van der Waals surface area contributed by atoms with Crippen molar-refractivity contribution < 1.29 is 5.48 Å². The molecule has 0 fully saturated rings. The topological polar surface area (TPSA) is 16.3 Å². The normalized spacial score (nSPS) is 13.9. The molecule has 97 heavy (non-hydrogen) atoms. The Morgan fingerprint density at radius 2 is 0.680 bits per heavy atom. The van der Waals surface area contributed by atoms with Crippen LogP contribution in [0.2, 0.25) is 0 Å². The van der Waals surface area contributed by atoms with E-state index < -0.39 is 5.41 Å². The zero-order valence-electron chi connectivity index (χ0n) is 59.8. The Morgan fingerprint density at radius 3 is 1.14 bits per heavy atom. The van der Waals surface area contributed by atoms with Crippen molar-refractivity contribution in [1.29, 1.82) is 0 Å². The zero-order chi connectivity index (χ0) is 69.0. The van der Waals surface area contributed by atoms with Gasteiger partial charge in [0, 0.05) is 95.8 Å². The lowest BCUT2D eigenvalue weighted by atomic mass is 9.33. The van der Waals surface area contributed by atoms with Crippen molar-refractivity contribution in [3.63, 3.8) is 0 Å². The van der Waals surface area contributed by atoms with E-state index in [1.54, 1.807) is 0 Å². The van der Waals surface area contributed by atoms with Gasteiger partial charge < -0.3 is 18.9 Å². The van der Waals surface area contributed by atoms with E-state index in [-0.39, 0.29) is 41.7 Å². The number of rotatable bonds is 6. The lowest BCUT2D eigenvalue weighted by molar-refractivity contribution is 0.590. The summed E-state index contributed by atoms with van der Waals surface area (Å²) in [5.74, 6) is 0. The molecule has 7 heteroatoms. The molecule has 0 bridgehead atoms. The highest BCUT2D eigenvalue weighted by Gasteiger charge is 2.47. The van der Waals surface area contributed by atoms with Gasteiger partial charge in [0.1, 0.15) is 0 Å². The van der Waals surface area contributed by atoms with Crippen molar-refractivity contribution in [3.8, 4) is 33.6 Å². The maximum atomic E-state index is 9.77. The molecule has 0 amide bonds. The summed E-state index contributed by atoms with van der Waals surface area (Å²) in [5, 5.41) is 8.50. The highest BCUT2D eigenvalue weighted by Crippen LogP contribution is 2.56. The molecule has 0 aliphatic carbocycles. The largest absolute Gasteiger partial charge is 0.309 e. The Balaban J connectivity index is 1.02. The maximum absolute atomic E-state index is 9.77. The molecule has 13 aromatic carbocycles. The molecule has 0 N–H and O–H groups in total. The number of hydrogen-bond acceptors (Lipinski definition) is 4. The standard InChI is InChI=1S/C90H71BN4S2/c1-88(2,3)54-46-48-67-75(50-54)94(86-63(61-32-24-44-81-83(61)65-30-14-20-42-79(65)96-81)34-22-40-73(86)92-69-36-16-10-26-57(69)58-27-11-17-37-70(58)92)77-52-56(90(7,8)9)53-78-85(77)91(67)68-49-47-55(89(4,5)6)51-76(68)95(78)87-64(62-33-25-45-82-84(62)66-31-15-21-43-80(66)97-82)35-23-41-74(87)93-71-38-18-12-28-59(71)60-29-13-19-39-72(60)93/h10-53H,1-9H3/i14D,20D,30D,42D. The van der Waals surface area contributed by atoms with Gasteiger partial charge in [0.05, 0.1) is 50.3 Å². The smallest absolute Gasteiger partial charge is 0.252 e. The molecule has 0 saturated heterocycles. The van der Waals surface area contributed by atoms with E-state index in [0.29, 0.717) is 10.1 Å². The summed E-state index contributed by atoms with van der Waals surface area (Å²) in [4.78, 5) is 5.34. The van der Waals surface area contributed by atoms with Crippen LogP contribution in [0.1, 0.15) is 84.5 Å². The van der Waals surface area contributed by atoms with Crippen molar-refractivity contribution >= 4 is 164 Å². The Bertz CT molecular complexity index is 6340. The first-order chi connectivity index (χ1) is 48.7. The summed E-state index contributed by atoms with van der Waals surface area (Å²) in [6.07, 6.45) is 0. The number of nitrogens with zero attached hydrogens (tertiary/aromatic N) is 4. The van der Waals surface area contributed by atoms with Crippen LogP contribution in [0.3, 0.4) is 0 Å². The minimum Gasteiger partial charge on any atom is -0.309 e. The van der Waals surface area contributed by atoms with Gasteiger partial charge in [-0.1, -0.05) is 244 Å². The summed E-state index contributed by atoms with van der Waals surface area (Å²) in [6.45, 7) is 20.8. The molecule has 0 saturated carbocycles. The van der Waals surface area contributed by atoms with E-state index >= 15 is 0 Å². The third-order valence-corrected chi connectivity index (χ3v) is 23.1. The monoisotopic (exact) mass is 1290 g/mol. The van der Waals surface area contributed by atoms with Crippen LogP contribution in [0, 0.1) is 0 Å². The van der Waals surface area contributed by atoms with E-state index in [9.17, 15) is 4.11 Å². The van der Waals surface area contributed by atoms with Gasteiger partial charge in [0.25, 0.3) is 6.71 Å². The van der Waals surface area contributed by atoms with E-state index in [2.05, 4.69) is 324 Å². The van der Waals surface area contributed by atoms with Gasteiger partial charge in [-0.15, -0.1) is 22.7 Å². The van der Waals surface area contributed by atoms with Crippen LogP contribution < -0.4 is 26.2 Å². The molecule has 2 aliphatic heterocycles. The second-order valence-corrected chi connectivity index (χ2v) is 31.8. The molecule has 17 aromatic rings. The quantitative estimate of drug-likeness (QED) is 0.154. The molecular formula is C90H71BN4S2. The van der Waals surface area contributed by atoms with Crippen LogP contribution in [0.5, 0.6) is 0 Å². The van der Waals surface area contributed by atoms with Crippen LogP contribution in [0.4, 0.5) is 34.1 Å². The average molecular weight is 1290 g/mol. The average Bonchev–Trinajstić information content (AvgIpc) is 1.25. The number of anilines is 6. The van der Waals surface area contributed by atoms with Gasteiger partial charge in [-0.25, -0.2) is 0 Å². The van der Waals surface area contributed by atoms with Gasteiger partial charge in [-0.3, -0.25) is 0 Å². The number of fused-ring (bicyclic) bond motifs is 16. The van der Waals surface area contributed by atoms with Gasteiger partial charge in [0.2, 0.25) is 0 Å². The van der Waals surface area contributed by atoms with Crippen molar-refractivity contribution in [2.75, 3.05) is 9.80 Å². The summed E-state index contributed by atoms with van der Waals surface area (Å²) < 4.78 is 46.3. The maximum Gasteiger partial charge on any atom is 0.252 e. The number of para-hydroxylation sites is 6. The van der Waals surface area contributed by atoms with Gasteiger partial charge >= 0.3 is 0 Å². The Labute approximate surface area is 580 Å². The molecular weight excluding hydrogens is 1210 g/mol. The molecule has 4 aromatic heterocycles. The van der Waals surface area contributed by atoms with Crippen LogP contribution in [-0.2, 0) is 16.2 Å². The van der Waals surface area contributed by atoms with Crippen LogP contribution >= 0.6 is 22.7 Å². The fourth-order valence-corrected chi connectivity index (χ4v) is 18.5. The highest BCUT2D eigenvalue weighted by molar-refractivity contribution is 7.26. The molecule has 6 heterocycles. The molecule has 466 valence electrons. The van der Waals surface area contributed by atoms with E-state index in [1.165, 1.54) is 80.9 Å². The zero-order valence-corrected chi connectivity index (χ0v) is 57.4. The minimum absolute atomic E-state index is 0.0218. The fraction of sp³-hybridized carbons (Fsp3) is 0.133. The number of benzene rings is 13. The van der Waals surface area contributed by atoms with Crippen LogP contribution in [-0.4, -0.2) is 15.8 Å².